The molecule has 0 saturated heterocycles. The van der Waals surface area contributed by atoms with Crippen LogP contribution < -0.4 is 4.90 Å². The molecular formula is C34H22N4. The van der Waals surface area contributed by atoms with Gasteiger partial charge in [0.15, 0.2) is 11.4 Å². The lowest BCUT2D eigenvalue weighted by Crippen LogP contribution is -2.10. The van der Waals surface area contributed by atoms with Crippen LogP contribution in [0.25, 0.3) is 32.6 Å². The average molecular weight is 487 g/mol. The zero-order valence-corrected chi connectivity index (χ0v) is 20.8. The Kier molecular flexibility index (Phi) is 6.69. The lowest BCUT2D eigenvalue weighted by atomic mass is 10.0. The van der Waals surface area contributed by atoms with E-state index in [9.17, 15) is 5.26 Å². The SMILES string of the molecule is [C-]#[N+]c1cc(C#N)cc([N+]#[C-])c1C=Cc1ccc(N(c2ccc(C)cc2)c2cccc3ccccc23)cc1. The summed E-state index contributed by atoms with van der Waals surface area (Å²) in [6.07, 6.45) is 3.67. The first-order chi connectivity index (χ1) is 18.6. The van der Waals surface area contributed by atoms with E-state index >= 15 is 0 Å². The zero-order valence-electron chi connectivity index (χ0n) is 20.8. The summed E-state index contributed by atoms with van der Waals surface area (Å²) in [6, 6.07) is 36.5. The second-order valence-electron chi connectivity index (χ2n) is 8.86. The molecule has 0 atom stereocenters. The van der Waals surface area contributed by atoms with Crippen molar-refractivity contribution in [3.63, 3.8) is 0 Å². The van der Waals surface area contributed by atoms with Crippen LogP contribution >= 0.6 is 0 Å². The summed E-state index contributed by atoms with van der Waals surface area (Å²) in [5.41, 5.74) is 6.74. The molecule has 0 aliphatic heterocycles. The Morgan fingerprint density at radius 3 is 1.97 bits per heavy atom. The highest BCUT2D eigenvalue weighted by molar-refractivity contribution is 5.99. The van der Waals surface area contributed by atoms with E-state index in [1.165, 1.54) is 28.5 Å². The third-order valence-corrected chi connectivity index (χ3v) is 6.40. The van der Waals surface area contributed by atoms with Gasteiger partial charge in [0.1, 0.15) is 0 Å². The van der Waals surface area contributed by atoms with Gasteiger partial charge < -0.3 is 4.90 Å². The standard InChI is InChI=1S/C34H22N4/c1-24-11-16-28(17-12-24)38(34-10-6-8-27-7-4-5-9-30(27)34)29-18-13-25(14-19-29)15-20-31-32(36-2)21-26(23-35)22-33(31)37-3/h4-22H,1H3. The Morgan fingerprint density at radius 1 is 0.737 bits per heavy atom. The predicted octanol–water partition coefficient (Wildman–Crippen LogP) is 9.76. The molecule has 5 aromatic rings. The molecule has 0 spiro atoms. The summed E-state index contributed by atoms with van der Waals surface area (Å²) < 4.78 is 0. The highest BCUT2D eigenvalue weighted by Crippen LogP contribution is 2.39. The molecule has 5 aromatic carbocycles. The molecule has 0 saturated carbocycles. The van der Waals surface area contributed by atoms with E-state index in [0.29, 0.717) is 22.5 Å². The molecule has 0 amide bonds. The predicted molar refractivity (Wildman–Crippen MR) is 156 cm³/mol. The Hall–Kier alpha value is -5.63. The number of hydrogen-bond donors (Lipinski definition) is 0. The highest BCUT2D eigenvalue weighted by Gasteiger charge is 2.15. The number of hydrogen-bond acceptors (Lipinski definition) is 2. The normalized spacial score (nSPS) is 10.6. The van der Waals surface area contributed by atoms with Crippen molar-refractivity contribution in [2.75, 3.05) is 4.90 Å². The molecule has 0 fully saturated rings. The Balaban J connectivity index is 1.55. The molecule has 178 valence electrons. The maximum absolute atomic E-state index is 9.21. The molecular weight excluding hydrogens is 464 g/mol. The fraction of sp³-hybridized carbons (Fsp3) is 0.0294. The van der Waals surface area contributed by atoms with Gasteiger partial charge in [-0.1, -0.05) is 78.4 Å². The number of anilines is 3. The molecule has 0 bridgehead atoms. The highest BCUT2D eigenvalue weighted by atomic mass is 15.1. The minimum absolute atomic E-state index is 0.296. The van der Waals surface area contributed by atoms with Crippen molar-refractivity contribution >= 4 is 51.4 Å². The van der Waals surface area contributed by atoms with Crippen LogP contribution in [0.2, 0.25) is 0 Å². The average Bonchev–Trinajstić information content (AvgIpc) is 2.97. The molecule has 38 heavy (non-hydrogen) atoms. The first-order valence-electron chi connectivity index (χ1n) is 12.1. The minimum Gasteiger partial charge on any atom is -0.310 e. The number of rotatable bonds is 5. The molecule has 0 heterocycles. The van der Waals surface area contributed by atoms with Gasteiger partial charge in [-0.2, -0.15) is 5.26 Å². The Bertz CT molecular complexity index is 1750. The van der Waals surface area contributed by atoms with E-state index in [4.69, 9.17) is 13.1 Å². The van der Waals surface area contributed by atoms with Crippen molar-refractivity contribution in [1.82, 2.24) is 0 Å². The van der Waals surface area contributed by atoms with E-state index < -0.39 is 0 Å². The Labute approximate surface area is 222 Å². The first kappa shape index (κ1) is 24.1. The summed E-state index contributed by atoms with van der Waals surface area (Å²) in [5, 5.41) is 11.5. The van der Waals surface area contributed by atoms with Crippen molar-refractivity contribution in [2.24, 2.45) is 0 Å². The second kappa shape index (κ2) is 10.5. The quantitative estimate of drug-likeness (QED) is 0.183. The van der Waals surface area contributed by atoms with E-state index in [-0.39, 0.29) is 0 Å². The number of nitriles is 1. The molecule has 4 heteroatoms. The summed E-state index contributed by atoms with van der Waals surface area (Å²) in [7, 11) is 0. The smallest absolute Gasteiger partial charge is 0.185 e. The maximum atomic E-state index is 9.21. The van der Waals surface area contributed by atoms with Crippen LogP contribution in [-0.2, 0) is 0 Å². The minimum atomic E-state index is 0.296. The molecule has 5 rings (SSSR count). The van der Waals surface area contributed by atoms with Gasteiger partial charge >= 0.3 is 0 Å². The van der Waals surface area contributed by atoms with Crippen LogP contribution in [0, 0.1) is 31.4 Å². The van der Waals surface area contributed by atoms with Crippen LogP contribution in [0.1, 0.15) is 22.3 Å². The lowest BCUT2D eigenvalue weighted by Gasteiger charge is -2.27. The van der Waals surface area contributed by atoms with Gasteiger partial charge in [0.25, 0.3) is 0 Å². The lowest BCUT2D eigenvalue weighted by molar-refractivity contribution is 1.29. The fourth-order valence-electron chi connectivity index (χ4n) is 4.48. The number of benzene rings is 5. The van der Waals surface area contributed by atoms with Crippen LogP contribution in [0.5, 0.6) is 0 Å². The van der Waals surface area contributed by atoms with Crippen molar-refractivity contribution in [3.05, 3.63) is 148 Å². The van der Waals surface area contributed by atoms with Gasteiger partial charge in [0.2, 0.25) is 0 Å². The number of fused-ring (bicyclic) bond motifs is 1. The molecule has 0 radical (unpaired) electrons. The summed E-state index contributed by atoms with van der Waals surface area (Å²) >= 11 is 0. The van der Waals surface area contributed by atoms with Crippen molar-refractivity contribution < 1.29 is 0 Å². The number of aryl methyl sites for hydroxylation is 1. The summed E-state index contributed by atoms with van der Waals surface area (Å²) in [6.45, 7) is 17.1. The van der Waals surface area contributed by atoms with Gasteiger partial charge in [-0.05, 0) is 65.9 Å². The monoisotopic (exact) mass is 486 g/mol. The maximum Gasteiger partial charge on any atom is 0.185 e. The van der Waals surface area contributed by atoms with Gasteiger partial charge in [0, 0.05) is 22.3 Å². The van der Waals surface area contributed by atoms with Crippen LogP contribution in [-0.4, -0.2) is 0 Å². The van der Waals surface area contributed by atoms with Gasteiger partial charge in [-0.15, -0.1) is 0 Å². The van der Waals surface area contributed by atoms with Crippen LogP contribution in [0.15, 0.2) is 103 Å². The molecule has 0 unspecified atom stereocenters. The third-order valence-electron chi connectivity index (χ3n) is 6.40. The first-order valence-corrected chi connectivity index (χ1v) is 12.1. The van der Waals surface area contributed by atoms with Gasteiger partial charge in [-0.25, -0.2) is 9.69 Å². The fourth-order valence-corrected chi connectivity index (χ4v) is 4.48. The van der Waals surface area contributed by atoms with Crippen molar-refractivity contribution in [2.45, 2.75) is 6.92 Å². The van der Waals surface area contributed by atoms with Crippen molar-refractivity contribution in [1.29, 1.82) is 5.26 Å². The summed E-state index contributed by atoms with van der Waals surface area (Å²) in [5.74, 6) is 0. The van der Waals surface area contributed by atoms with E-state index in [0.717, 1.165) is 22.6 Å². The molecule has 0 aliphatic carbocycles. The summed E-state index contributed by atoms with van der Waals surface area (Å²) in [4.78, 5) is 9.32. The molecule has 0 N–H and O–H groups in total. The van der Waals surface area contributed by atoms with Gasteiger partial charge in [0.05, 0.1) is 24.9 Å². The van der Waals surface area contributed by atoms with E-state index in [1.807, 2.05) is 24.3 Å². The third kappa shape index (κ3) is 4.74. The van der Waals surface area contributed by atoms with Crippen LogP contribution in [0.3, 0.4) is 0 Å². The molecule has 0 aromatic heterocycles. The molecule has 0 aliphatic rings. The molecule has 4 nitrogen and oxygen atoms in total. The second-order valence-corrected chi connectivity index (χ2v) is 8.86. The van der Waals surface area contributed by atoms with E-state index in [2.05, 4.69) is 100 Å². The topological polar surface area (TPSA) is 35.8 Å². The van der Waals surface area contributed by atoms with Gasteiger partial charge in [-0.3, -0.25) is 0 Å². The number of nitrogens with zero attached hydrogens (tertiary/aromatic N) is 4. The zero-order chi connectivity index (χ0) is 26.5. The van der Waals surface area contributed by atoms with Crippen LogP contribution in [0.4, 0.5) is 28.4 Å². The largest absolute Gasteiger partial charge is 0.310 e. The Morgan fingerprint density at radius 2 is 1.34 bits per heavy atom. The van der Waals surface area contributed by atoms with E-state index in [1.54, 1.807) is 6.08 Å². The van der Waals surface area contributed by atoms with Crippen molar-refractivity contribution in [3.8, 4) is 6.07 Å².